The maximum absolute atomic E-state index is 6.04. The minimum absolute atomic E-state index is 0.217. The number of nitrogens with zero attached hydrogens (tertiary/aromatic N) is 2. The monoisotopic (exact) mass is 432 g/mol. The number of aromatic nitrogens is 2. The van der Waals surface area contributed by atoms with Crippen molar-refractivity contribution in [2.75, 3.05) is 25.5 Å². The molecule has 1 unspecified atom stereocenters. The molecule has 2 aromatic heterocycles. The first-order valence-electron chi connectivity index (χ1n) is 10.3. The van der Waals surface area contributed by atoms with Crippen LogP contribution in [0.1, 0.15) is 22.1 Å². The highest BCUT2D eigenvalue weighted by atomic mass is 32.1. The molecule has 0 saturated heterocycles. The van der Waals surface area contributed by atoms with E-state index in [1.807, 2.05) is 18.2 Å². The summed E-state index contributed by atoms with van der Waals surface area (Å²) < 4.78 is 13.1. The lowest BCUT2D eigenvalue weighted by atomic mass is 9.96. The molecule has 4 aromatic rings. The van der Waals surface area contributed by atoms with Crippen LogP contribution in [0.3, 0.4) is 0 Å². The maximum Gasteiger partial charge on any atom is 0.147 e. The van der Waals surface area contributed by atoms with Gasteiger partial charge in [0, 0.05) is 18.7 Å². The zero-order valence-electron chi connectivity index (χ0n) is 17.3. The van der Waals surface area contributed by atoms with Gasteiger partial charge in [0.2, 0.25) is 0 Å². The van der Waals surface area contributed by atoms with Crippen molar-refractivity contribution in [3.63, 3.8) is 0 Å². The molecular weight excluding hydrogens is 408 g/mol. The fraction of sp³-hybridized carbons (Fsp3) is 0.250. The lowest BCUT2D eigenvalue weighted by molar-refractivity contribution is 0.262. The van der Waals surface area contributed by atoms with E-state index in [1.54, 1.807) is 17.5 Å². The van der Waals surface area contributed by atoms with Crippen molar-refractivity contribution < 1.29 is 9.47 Å². The largest absolute Gasteiger partial charge is 0.493 e. The average molecular weight is 433 g/mol. The van der Waals surface area contributed by atoms with E-state index >= 15 is 0 Å². The molecule has 0 fully saturated rings. The first-order valence-corrected chi connectivity index (χ1v) is 11.1. The predicted molar refractivity (Wildman–Crippen MR) is 125 cm³/mol. The Bertz CT molecular complexity index is 1250. The van der Waals surface area contributed by atoms with Gasteiger partial charge in [-0.3, -0.25) is 0 Å². The number of fused-ring (bicyclic) bond motifs is 2. The van der Waals surface area contributed by atoms with Crippen molar-refractivity contribution >= 4 is 27.4 Å². The van der Waals surface area contributed by atoms with Crippen LogP contribution in [0.2, 0.25) is 0 Å². The van der Waals surface area contributed by atoms with E-state index in [4.69, 9.17) is 25.9 Å². The summed E-state index contributed by atoms with van der Waals surface area (Å²) in [5.74, 6) is 2.42. The van der Waals surface area contributed by atoms with Gasteiger partial charge in [-0.2, -0.15) is 0 Å². The molecule has 1 aliphatic heterocycles. The van der Waals surface area contributed by atoms with Crippen LogP contribution in [-0.4, -0.2) is 29.7 Å². The van der Waals surface area contributed by atoms with Gasteiger partial charge in [0.15, 0.2) is 0 Å². The van der Waals surface area contributed by atoms with Crippen LogP contribution in [0.4, 0.5) is 5.82 Å². The summed E-state index contributed by atoms with van der Waals surface area (Å²) in [6.07, 6.45) is 2.63. The van der Waals surface area contributed by atoms with E-state index in [-0.39, 0.29) is 5.92 Å². The van der Waals surface area contributed by atoms with Crippen LogP contribution < -0.4 is 20.9 Å². The summed E-state index contributed by atoms with van der Waals surface area (Å²) in [6, 6.07) is 14.3. The zero-order chi connectivity index (χ0) is 21.4. The lowest BCUT2D eigenvalue weighted by Gasteiger charge is -2.24. The van der Waals surface area contributed by atoms with E-state index in [0.29, 0.717) is 25.6 Å². The second-order valence-corrected chi connectivity index (χ2v) is 8.87. The van der Waals surface area contributed by atoms with Gasteiger partial charge in [-0.25, -0.2) is 9.97 Å². The minimum Gasteiger partial charge on any atom is -0.493 e. The van der Waals surface area contributed by atoms with Gasteiger partial charge in [-0.1, -0.05) is 17.7 Å². The highest BCUT2D eigenvalue weighted by Crippen LogP contribution is 2.40. The lowest BCUT2D eigenvalue weighted by Crippen LogP contribution is -2.19. The second-order valence-electron chi connectivity index (χ2n) is 7.80. The molecule has 0 saturated carbocycles. The Balaban J connectivity index is 1.55. The van der Waals surface area contributed by atoms with Crippen LogP contribution in [0.25, 0.3) is 21.3 Å². The molecule has 0 bridgehead atoms. The normalized spacial score (nSPS) is 15.5. The van der Waals surface area contributed by atoms with Crippen LogP contribution in [-0.2, 0) is 6.42 Å². The van der Waals surface area contributed by atoms with Crippen LogP contribution in [0, 0.1) is 6.92 Å². The van der Waals surface area contributed by atoms with Crippen molar-refractivity contribution in [2.24, 2.45) is 5.73 Å². The maximum atomic E-state index is 6.04. The summed E-state index contributed by atoms with van der Waals surface area (Å²) in [4.78, 5) is 9.07. The van der Waals surface area contributed by atoms with E-state index in [0.717, 1.165) is 44.3 Å². The zero-order valence-corrected chi connectivity index (χ0v) is 18.1. The van der Waals surface area contributed by atoms with Gasteiger partial charge in [-0.15, -0.1) is 11.3 Å². The minimum atomic E-state index is 0.217. The van der Waals surface area contributed by atoms with E-state index in [1.165, 1.54) is 11.1 Å². The Hall–Kier alpha value is -3.16. The first-order chi connectivity index (χ1) is 15.1. The summed E-state index contributed by atoms with van der Waals surface area (Å²) in [5, 5.41) is 1.06. The molecule has 7 heteroatoms. The van der Waals surface area contributed by atoms with Gasteiger partial charge >= 0.3 is 0 Å². The number of hydrogen-bond acceptors (Lipinski definition) is 7. The molecule has 6 nitrogen and oxygen atoms in total. The Labute approximate surface area is 184 Å². The molecule has 0 radical (unpaired) electrons. The van der Waals surface area contributed by atoms with E-state index < -0.39 is 0 Å². The molecule has 2 aromatic carbocycles. The van der Waals surface area contributed by atoms with Gasteiger partial charge < -0.3 is 20.9 Å². The van der Waals surface area contributed by atoms with Gasteiger partial charge in [0.25, 0.3) is 0 Å². The quantitative estimate of drug-likeness (QED) is 0.488. The number of ether oxygens (including phenoxy) is 2. The molecule has 5 rings (SSSR count). The average Bonchev–Trinajstić information content (AvgIpc) is 3.21. The number of thiazole rings is 1. The number of benzene rings is 2. The Kier molecular flexibility index (Phi) is 5.21. The van der Waals surface area contributed by atoms with Crippen molar-refractivity contribution in [2.45, 2.75) is 19.3 Å². The Morgan fingerprint density at radius 3 is 2.90 bits per heavy atom. The smallest absolute Gasteiger partial charge is 0.147 e. The van der Waals surface area contributed by atoms with Crippen molar-refractivity contribution in [1.82, 2.24) is 9.97 Å². The second kappa shape index (κ2) is 8.17. The highest BCUT2D eigenvalue weighted by molar-refractivity contribution is 7.18. The van der Waals surface area contributed by atoms with E-state index in [2.05, 4.69) is 36.2 Å². The van der Waals surface area contributed by atoms with Gasteiger partial charge in [0.05, 0.1) is 11.3 Å². The fourth-order valence-electron chi connectivity index (χ4n) is 3.95. The number of rotatable bonds is 5. The number of aryl methyl sites for hydroxylation is 1. The summed E-state index contributed by atoms with van der Waals surface area (Å²) >= 11 is 1.69. The molecule has 158 valence electrons. The van der Waals surface area contributed by atoms with Crippen LogP contribution in [0.15, 0.2) is 48.7 Å². The molecule has 0 spiro atoms. The molecular formula is C24H24N4O2S. The standard InChI is InChI=1S/C24H24N4O2S/c1-14-2-3-19-17(8-14)9-18(13-30-19)24-28-23-20(29-7-5-25)10-16(11-21(23)31-24)15-4-6-27-22(26)12-15/h2-4,6,8,10-12,18H,5,7,9,13,25H2,1H3,(H2,26,27). The predicted octanol–water partition coefficient (Wildman–Crippen LogP) is 4.31. The molecule has 31 heavy (non-hydrogen) atoms. The molecule has 1 aliphatic rings. The third-order valence-corrected chi connectivity index (χ3v) is 6.60. The SMILES string of the molecule is Cc1ccc2c(c1)CC(c1nc3c(OCCN)cc(-c4ccnc(N)c4)cc3s1)CO2. The summed E-state index contributed by atoms with van der Waals surface area (Å²) in [6.45, 7) is 3.61. The third kappa shape index (κ3) is 3.94. The number of nitrogen functional groups attached to an aromatic ring is 1. The fourth-order valence-corrected chi connectivity index (χ4v) is 5.06. The molecule has 3 heterocycles. The van der Waals surface area contributed by atoms with Crippen LogP contribution in [0.5, 0.6) is 11.5 Å². The van der Waals surface area contributed by atoms with Crippen molar-refractivity contribution in [3.8, 4) is 22.6 Å². The Morgan fingerprint density at radius 1 is 1.16 bits per heavy atom. The van der Waals surface area contributed by atoms with Crippen LogP contribution >= 0.6 is 11.3 Å². The van der Waals surface area contributed by atoms with Gasteiger partial charge in [0.1, 0.15) is 34.4 Å². The molecule has 4 N–H and O–H groups in total. The summed E-state index contributed by atoms with van der Waals surface area (Å²) in [5.41, 5.74) is 16.9. The van der Waals surface area contributed by atoms with Crippen molar-refractivity contribution in [3.05, 3.63) is 64.8 Å². The first kappa shape index (κ1) is 19.8. The number of hydrogen-bond donors (Lipinski definition) is 2. The number of anilines is 1. The number of pyridine rings is 1. The van der Waals surface area contributed by atoms with E-state index in [9.17, 15) is 0 Å². The molecule has 1 atom stereocenters. The molecule has 0 amide bonds. The highest BCUT2D eigenvalue weighted by Gasteiger charge is 2.25. The summed E-state index contributed by atoms with van der Waals surface area (Å²) in [7, 11) is 0. The van der Waals surface area contributed by atoms with Crippen molar-refractivity contribution in [1.29, 1.82) is 0 Å². The Morgan fingerprint density at radius 2 is 2.06 bits per heavy atom. The third-order valence-electron chi connectivity index (χ3n) is 5.44. The van der Waals surface area contributed by atoms with Gasteiger partial charge in [-0.05, 0) is 60.4 Å². The molecule has 0 aliphatic carbocycles. The topological polar surface area (TPSA) is 96.3 Å². The number of nitrogens with two attached hydrogens (primary N) is 2.